The van der Waals surface area contributed by atoms with Crippen molar-refractivity contribution in [3.63, 3.8) is 0 Å². The van der Waals surface area contributed by atoms with Crippen molar-refractivity contribution < 1.29 is 4.74 Å². The van der Waals surface area contributed by atoms with E-state index in [2.05, 4.69) is 38.5 Å². The monoisotopic (exact) mass is 470 g/mol. The molecule has 1 atom stereocenters. The zero-order valence-corrected chi connectivity index (χ0v) is 15.2. The van der Waals surface area contributed by atoms with E-state index >= 15 is 0 Å². The summed E-state index contributed by atoms with van der Waals surface area (Å²) in [5.74, 6) is 0.651. The summed E-state index contributed by atoms with van der Waals surface area (Å²) in [7, 11) is 1.59. The van der Waals surface area contributed by atoms with Gasteiger partial charge in [0.15, 0.2) is 0 Å². The lowest BCUT2D eigenvalue weighted by Crippen LogP contribution is -1.97. The van der Waals surface area contributed by atoms with E-state index in [0.29, 0.717) is 10.8 Å². The van der Waals surface area contributed by atoms with Gasteiger partial charge in [-0.1, -0.05) is 33.6 Å². The molecule has 1 unspecified atom stereocenters. The Morgan fingerprint density at radius 2 is 1.95 bits per heavy atom. The van der Waals surface area contributed by atoms with Gasteiger partial charge in [-0.05, 0) is 64.0 Å². The number of rotatable bonds is 3. The molecular formula is C14H10BrCl2IO. The van der Waals surface area contributed by atoms with E-state index in [1.54, 1.807) is 7.11 Å². The molecule has 0 N–H and O–H groups in total. The number of methoxy groups -OCH3 is 1. The molecule has 0 heterocycles. The summed E-state index contributed by atoms with van der Waals surface area (Å²) in [5.41, 5.74) is 2.00. The lowest BCUT2D eigenvalue weighted by Gasteiger charge is -2.14. The van der Waals surface area contributed by atoms with Crippen molar-refractivity contribution >= 4 is 61.7 Å². The Bertz CT molecular complexity index is 604. The fourth-order valence-corrected chi connectivity index (χ4v) is 3.52. The number of halogens is 4. The van der Waals surface area contributed by atoms with Crippen LogP contribution in [0.2, 0.25) is 5.02 Å². The average molecular weight is 472 g/mol. The van der Waals surface area contributed by atoms with Crippen LogP contribution in [-0.2, 0) is 0 Å². The van der Waals surface area contributed by atoms with E-state index in [9.17, 15) is 0 Å². The van der Waals surface area contributed by atoms with Crippen molar-refractivity contribution in [3.05, 3.63) is 60.6 Å². The summed E-state index contributed by atoms with van der Waals surface area (Å²) in [6, 6.07) is 11.7. The molecule has 0 spiro atoms. The fraction of sp³-hybridized carbons (Fsp3) is 0.143. The first-order chi connectivity index (χ1) is 9.02. The van der Waals surface area contributed by atoms with Gasteiger partial charge in [-0.25, -0.2) is 0 Å². The highest BCUT2D eigenvalue weighted by Gasteiger charge is 2.16. The van der Waals surface area contributed by atoms with Gasteiger partial charge in [0.05, 0.1) is 17.5 Å². The van der Waals surface area contributed by atoms with Gasteiger partial charge in [0.1, 0.15) is 5.75 Å². The lowest BCUT2D eigenvalue weighted by molar-refractivity contribution is 0.415. The van der Waals surface area contributed by atoms with Crippen molar-refractivity contribution in [2.75, 3.05) is 7.11 Å². The van der Waals surface area contributed by atoms with Crippen molar-refractivity contribution in [1.29, 1.82) is 0 Å². The quantitative estimate of drug-likeness (QED) is 0.391. The normalized spacial score (nSPS) is 12.3. The third-order valence-corrected chi connectivity index (χ3v) is 4.96. The fourth-order valence-electron chi connectivity index (χ4n) is 1.73. The Balaban J connectivity index is 2.41. The second kappa shape index (κ2) is 6.66. The molecular weight excluding hydrogens is 462 g/mol. The topological polar surface area (TPSA) is 9.23 Å². The summed E-state index contributed by atoms with van der Waals surface area (Å²) in [5, 5.41) is 0.323. The molecule has 0 bridgehead atoms. The zero-order chi connectivity index (χ0) is 14.0. The zero-order valence-electron chi connectivity index (χ0n) is 9.96. The second-order valence-electron chi connectivity index (χ2n) is 3.92. The maximum atomic E-state index is 6.55. The van der Waals surface area contributed by atoms with Gasteiger partial charge in [-0.15, -0.1) is 11.6 Å². The first-order valence-corrected chi connectivity index (χ1v) is 8.14. The van der Waals surface area contributed by atoms with E-state index < -0.39 is 0 Å². The van der Waals surface area contributed by atoms with Crippen molar-refractivity contribution in [2.24, 2.45) is 0 Å². The summed E-state index contributed by atoms with van der Waals surface area (Å²) >= 11 is 18.4. The summed E-state index contributed by atoms with van der Waals surface area (Å²) in [6.45, 7) is 0. The molecule has 0 aromatic heterocycles. The van der Waals surface area contributed by atoms with Crippen LogP contribution in [0.3, 0.4) is 0 Å². The molecule has 2 aromatic rings. The minimum absolute atomic E-state index is 0.243. The van der Waals surface area contributed by atoms with Crippen LogP contribution in [-0.4, -0.2) is 7.11 Å². The van der Waals surface area contributed by atoms with Gasteiger partial charge >= 0.3 is 0 Å². The minimum atomic E-state index is -0.243. The third-order valence-electron chi connectivity index (χ3n) is 2.70. The Kier molecular flexibility index (Phi) is 5.40. The third kappa shape index (κ3) is 3.57. The highest BCUT2D eigenvalue weighted by Crippen LogP contribution is 2.36. The van der Waals surface area contributed by atoms with Crippen molar-refractivity contribution in [3.8, 4) is 5.75 Å². The first-order valence-electron chi connectivity index (χ1n) is 5.45. The molecule has 0 aliphatic carbocycles. The number of hydrogen-bond donors (Lipinski definition) is 0. The number of ether oxygens (including phenoxy) is 1. The maximum absolute atomic E-state index is 6.55. The second-order valence-corrected chi connectivity index (χ2v) is 6.84. The minimum Gasteiger partial charge on any atom is -0.495 e. The highest BCUT2D eigenvalue weighted by molar-refractivity contribution is 14.1. The summed E-state index contributed by atoms with van der Waals surface area (Å²) in [4.78, 5) is 0. The largest absolute Gasteiger partial charge is 0.495 e. The number of hydrogen-bond acceptors (Lipinski definition) is 1. The summed E-state index contributed by atoms with van der Waals surface area (Å²) < 4.78 is 7.27. The molecule has 2 aromatic carbocycles. The van der Waals surface area contributed by atoms with E-state index in [0.717, 1.165) is 19.2 Å². The predicted octanol–water partition coefficient (Wildman–Crippen LogP) is 6.04. The van der Waals surface area contributed by atoms with Crippen LogP contribution in [0.25, 0.3) is 0 Å². The Morgan fingerprint density at radius 1 is 1.21 bits per heavy atom. The average Bonchev–Trinajstić information content (AvgIpc) is 2.40. The van der Waals surface area contributed by atoms with Crippen LogP contribution in [0.15, 0.2) is 40.9 Å². The molecule has 0 fully saturated rings. The molecule has 19 heavy (non-hydrogen) atoms. The first kappa shape index (κ1) is 15.4. The van der Waals surface area contributed by atoms with Crippen LogP contribution >= 0.6 is 61.7 Å². The van der Waals surface area contributed by atoms with Crippen LogP contribution in [0.5, 0.6) is 5.75 Å². The van der Waals surface area contributed by atoms with Gasteiger partial charge in [0.2, 0.25) is 0 Å². The smallest absolute Gasteiger partial charge is 0.137 e. The van der Waals surface area contributed by atoms with Crippen LogP contribution in [0.1, 0.15) is 16.5 Å². The van der Waals surface area contributed by atoms with Crippen LogP contribution in [0.4, 0.5) is 0 Å². The molecule has 0 saturated carbocycles. The molecule has 2 rings (SSSR count). The van der Waals surface area contributed by atoms with Crippen molar-refractivity contribution in [1.82, 2.24) is 0 Å². The molecule has 0 saturated heterocycles. The lowest BCUT2D eigenvalue weighted by atomic mass is 10.0. The summed E-state index contributed by atoms with van der Waals surface area (Å²) in [6.07, 6.45) is 0. The Hall–Kier alpha value is 0.0300. The molecule has 0 aliphatic rings. The van der Waals surface area contributed by atoms with E-state index in [1.165, 1.54) is 0 Å². The Labute approximate surface area is 144 Å². The molecule has 5 heteroatoms. The number of alkyl halides is 1. The molecule has 0 radical (unpaired) electrons. The maximum Gasteiger partial charge on any atom is 0.137 e. The standard InChI is InChI=1S/C14H10BrCl2IO/c1-19-13-5-2-8(6-11(13)16)14(17)10-7-9(15)3-4-12(10)18/h2-7,14H,1H3. The van der Waals surface area contributed by atoms with Gasteiger partial charge in [0.25, 0.3) is 0 Å². The molecule has 1 nitrogen and oxygen atoms in total. The Morgan fingerprint density at radius 3 is 2.58 bits per heavy atom. The van der Waals surface area contributed by atoms with E-state index in [-0.39, 0.29) is 5.38 Å². The van der Waals surface area contributed by atoms with Crippen LogP contribution in [0, 0.1) is 3.57 Å². The number of benzene rings is 2. The highest BCUT2D eigenvalue weighted by atomic mass is 127. The molecule has 0 amide bonds. The van der Waals surface area contributed by atoms with Gasteiger partial charge < -0.3 is 4.74 Å². The predicted molar refractivity (Wildman–Crippen MR) is 92.6 cm³/mol. The van der Waals surface area contributed by atoms with Gasteiger partial charge in [0, 0.05) is 8.04 Å². The van der Waals surface area contributed by atoms with Crippen molar-refractivity contribution in [2.45, 2.75) is 5.38 Å². The van der Waals surface area contributed by atoms with E-state index in [4.69, 9.17) is 27.9 Å². The molecule has 100 valence electrons. The van der Waals surface area contributed by atoms with Gasteiger partial charge in [-0.2, -0.15) is 0 Å². The van der Waals surface area contributed by atoms with Gasteiger partial charge in [-0.3, -0.25) is 0 Å². The molecule has 0 aliphatic heterocycles. The SMILES string of the molecule is COc1ccc(C(Cl)c2cc(Br)ccc2I)cc1Cl. The van der Waals surface area contributed by atoms with E-state index in [1.807, 2.05) is 36.4 Å². The van der Waals surface area contributed by atoms with Crippen LogP contribution < -0.4 is 4.74 Å².